The molecule has 0 N–H and O–H groups in total. The molecule has 0 fully saturated rings. The monoisotopic (exact) mass is 405 g/mol. The number of benzene rings is 1. The van der Waals surface area contributed by atoms with Crippen LogP contribution < -0.4 is 0 Å². The molecule has 0 saturated heterocycles. The van der Waals surface area contributed by atoms with Crippen molar-refractivity contribution in [1.29, 1.82) is 0 Å². The molecule has 0 spiro atoms. The van der Waals surface area contributed by atoms with Gasteiger partial charge in [0.25, 0.3) is 5.89 Å². The van der Waals surface area contributed by atoms with Crippen molar-refractivity contribution in [2.45, 2.75) is 24.4 Å². The Hall–Kier alpha value is -2.59. The molecular formula is C17H13F2N5OS2. The van der Waals surface area contributed by atoms with Gasteiger partial charge >= 0.3 is 0 Å². The summed E-state index contributed by atoms with van der Waals surface area (Å²) in [7, 11) is 0. The van der Waals surface area contributed by atoms with Gasteiger partial charge < -0.3 is 9.09 Å². The molecule has 0 bridgehead atoms. The van der Waals surface area contributed by atoms with Crippen LogP contribution >= 0.6 is 23.1 Å². The van der Waals surface area contributed by atoms with E-state index in [0.717, 1.165) is 34.7 Å². The molecule has 0 amide bonds. The highest BCUT2D eigenvalue weighted by molar-refractivity contribution is 7.98. The molecule has 0 aliphatic heterocycles. The summed E-state index contributed by atoms with van der Waals surface area (Å²) in [6.45, 7) is 2.73. The molecule has 3 aromatic heterocycles. The van der Waals surface area contributed by atoms with Gasteiger partial charge in [-0.25, -0.2) is 8.78 Å². The molecule has 0 radical (unpaired) electrons. The average Bonchev–Trinajstić information content (AvgIpc) is 3.41. The summed E-state index contributed by atoms with van der Waals surface area (Å²) in [5.41, 5.74) is 0.958. The second-order valence-electron chi connectivity index (χ2n) is 5.49. The SMILES string of the molecule is CCn1c(SCc2noc(-c3cc(F)ccc3F)n2)nnc1-c1ccsc1. The zero-order chi connectivity index (χ0) is 18.8. The number of hydrogen-bond acceptors (Lipinski definition) is 7. The fourth-order valence-corrected chi connectivity index (χ4v) is 3.98. The van der Waals surface area contributed by atoms with Gasteiger partial charge in [-0.05, 0) is 36.6 Å². The van der Waals surface area contributed by atoms with Crippen molar-refractivity contribution in [2.24, 2.45) is 0 Å². The van der Waals surface area contributed by atoms with Crippen LogP contribution in [0.5, 0.6) is 0 Å². The van der Waals surface area contributed by atoms with Gasteiger partial charge in [0.05, 0.1) is 11.3 Å². The van der Waals surface area contributed by atoms with Gasteiger partial charge in [-0.15, -0.1) is 10.2 Å². The van der Waals surface area contributed by atoms with E-state index in [1.165, 1.54) is 11.8 Å². The number of thiophene rings is 1. The zero-order valence-electron chi connectivity index (χ0n) is 14.1. The highest BCUT2D eigenvalue weighted by Gasteiger charge is 2.17. The van der Waals surface area contributed by atoms with Crippen molar-refractivity contribution in [3.8, 4) is 22.8 Å². The first-order valence-electron chi connectivity index (χ1n) is 8.02. The molecule has 0 saturated carbocycles. The van der Waals surface area contributed by atoms with Crippen LogP contribution in [0.3, 0.4) is 0 Å². The Morgan fingerprint density at radius 2 is 2.11 bits per heavy atom. The lowest BCUT2D eigenvalue weighted by Crippen LogP contribution is -1.99. The molecule has 1 aromatic carbocycles. The number of nitrogens with zero attached hydrogens (tertiary/aromatic N) is 5. The maximum atomic E-state index is 13.8. The minimum absolute atomic E-state index is 0.0569. The van der Waals surface area contributed by atoms with E-state index >= 15 is 0 Å². The Labute approximate surface area is 161 Å². The predicted octanol–water partition coefficient (Wildman–Crippen LogP) is 4.65. The second kappa shape index (κ2) is 7.57. The third kappa shape index (κ3) is 3.62. The predicted molar refractivity (Wildman–Crippen MR) is 98.2 cm³/mol. The molecule has 6 nitrogen and oxygen atoms in total. The molecule has 4 rings (SSSR count). The standard InChI is InChI=1S/C17H13F2N5OS2/c1-2-24-15(10-5-6-26-8-10)21-22-17(24)27-9-14-20-16(25-23-14)12-7-11(18)3-4-13(12)19/h3-8H,2,9H2,1H3. The van der Waals surface area contributed by atoms with Crippen molar-refractivity contribution in [3.05, 3.63) is 52.5 Å². The van der Waals surface area contributed by atoms with E-state index in [0.29, 0.717) is 18.1 Å². The number of hydrogen-bond donors (Lipinski definition) is 0. The Morgan fingerprint density at radius 3 is 2.89 bits per heavy atom. The van der Waals surface area contributed by atoms with Crippen LogP contribution in [0.25, 0.3) is 22.8 Å². The number of rotatable bonds is 6. The van der Waals surface area contributed by atoms with Crippen molar-refractivity contribution in [2.75, 3.05) is 0 Å². The summed E-state index contributed by atoms with van der Waals surface area (Å²) in [5, 5.41) is 17.1. The summed E-state index contributed by atoms with van der Waals surface area (Å²) < 4.78 is 34.2. The van der Waals surface area contributed by atoms with Gasteiger partial charge in [0, 0.05) is 17.5 Å². The van der Waals surface area contributed by atoms with Crippen LogP contribution in [-0.2, 0) is 12.3 Å². The third-order valence-corrected chi connectivity index (χ3v) is 5.42. The number of aromatic nitrogens is 5. The molecule has 0 aliphatic rings. The lowest BCUT2D eigenvalue weighted by atomic mass is 10.2. The Bertz CT molecular complexity index is 1060. The first-order valence-corrected chi connectivity index (χ1v) is 9.95. The van der Waals surface area contributed by atoms with Gasteiger partial charge in [0.2, 0.25) is 0 Å². The highest BCUT2D eigenvalue weighted by Crippen LogP contribution is 2.28. The van der Waals surface area contributed by atoms with Crippen molar-refractivity contribution in [1.82, 2.24) is 24.9 Å². The largest absolute Gasteiger partial charge is 0.334 e. The molecule has 0 unspecified atom stereocenters. The topological polar surface area (TPSA) is 69.6 Å². The molecule has 10 heteroatoms. The maximum Gasteiger partial charge on any atom is 0.261 e. The van der Waals surface area contributed by atoms with Crippen molar-refractivity contribution < 1.29 is 13.3 Å². The van der Waals surface area contributed by atoms with Crippen LogP contribution in [-0.4, -0.2) is 24.9 Å². The summed E-state index contributed by atoms with van der Waals surface area (Å²) in [4.78, 5) is 4.15. The molecule has 0 atom stereocenters. The molecule has 138 valence electrons. The van der Waals surface area contributed by atoms with Gasteiger partial charge in [-0.2, -0.15) is 16.3 Å². The van der Waals surface area contributed by atoms with Gasteiger partial charge in [-0.1, -0.05) is 16.9 Å². The Balaban J connectivity index is 1.52. The maximum absolute atomic E-state index is 13.8. The lowest BCUT2D eigenvalue weighted by molar-refractivity contribution is 0.422. The Kier molecular flexibility index (Phi) is 4.99. The first kappa shape index (κ1) is 17.8. The lowest BCUT2D eigenvalue weighted by Gasteiger charge is -2.04. The van der Waals surface area contributed by atoms with Crippen molar-refractivity contribution >= 4 is 23.1 Å². The summed E-state index contributed by atoms with van der Waals surface area (Å²) >= 11 is 3.00. The minimum Gasteiger partial charge on any atom is -0.334 e. The smallest absolute Gasteiger partial charge is 0.261 e. The quantitative estimate of drug-likeness (QED) is 0.435. The Morgan fingerprint density at radius 1 is 1.22 bits per heavy atom. The van der Waals surface area contributed by atoms with Crippen molar-refractivity contribution in [3.63, 3.8) is 0 Å². The third-order valence-electron chi connectivity index (χ3n) is 3.77. The molecule has 0 aliphatic carbocycles. The van der Waals surface area contributed by atoms with E-state index in [9.17, 15) is 8.78 Å². The first-order chi connectivity index (χ1) is 13.2. The molecule has 3 heterocycles. The van der Waals surface area contributed by atoms with E-state index in [4.69, 9.17) is 4.52 Å². The fraction of sp³-hybridized carbons (Fsp3) is 0.176. The van der Waals surface area contributed by atoms with E-state index in [1.807, 2.05) is 28.3 Å². The van der Waals surface area contributed by atoms with Gasteiger partial charge in [-0.3, -0.25) is 0 Å². The van der Waals surface area contributed by atoms with Gasteiger partial charge in [0.1, 0.15) is 11.6 Å². The highest BCUT2D eigenvalue weighted by atomic mass is 32.2. The van der Waals surface area contributed by atoms with Crippen LogP contribution in [0.2, 0.25) is 0 Å². The van der Waals surface area contributed by atoms with Crippen LogP contribution in [0.15, 0.2) is 44.7 Å². The summed E-state index contributed by atoms with van der Waals surface area (Å²) in [6, 6.07) is 5.09. The van der Waals surface area contributed by atoms with Crippen LogP contribution in [0.4, 0.5) is 8.78 Å². The zero-order valence-corrected chi connectivity index (χ0v) is 15.7. The van der Waals surface area contributed by atoms with E-state index in [2.05, 4.69) is 20.3 Å². The van der Waals surface area contributed by atoms with E-state index in [-0.39, 0.29) is 11.5 Å². The molecule has 27 heavy (non-hydrogen) atoms. The van der Waals surface area contributed by atoms with Gasteiger partial charge in [0.15, 0.2) is 16.8 Å². The molecular weight excluding hydrogens is 392 g/mol. The van der Waals surface area contributed by atoms with Crippen LogP contribution in [0, 0.1) is 11.6 Å². The van der Waals surface area contributed by atoms with E-state index < -0.39 is 11.6 Å². The summed E-state index contributed by atoms with van der Waals surface area (Å²) in [6.07, 6.45) is 0. The van der Waals surface area contributed by atoms with E-state index in [1.54, 1.807) is 11.3 Å². The number of thioether (sulfide) groups is 1. The fourth-order valence-electron chi connectivity index (χ4n) is 2.50. The average molecular weight is 405 g/mol. The minimum atomic E-state index is -0.620. The second-order valence-corrected chi connectivity index (χ2v) is 7.21. The normalized spacial score (nSPS) is 11.2. The summed E-state index contributed by atoms with van der Waals surface area (Å²) in [5.74, 6) is 0.280. The van der Waals surface area contributed by atoms with Crippen LogP contribution in [0.1, 0.15) is 12.7 Å². The molecule has 4 aromatic rings. The number of halogens is 2.